The number of phenols is 1. The first-order valence-electron chi connectivity index (χ1n) is 6.68. The fourth-order valence-electron chi connectivity index (χ4n) is 2.00. The molecule has 0 aliphatic carbocycles. The van der Waals surface area contributed by atoms with Gasteiger partial charge in [-0.2, -0.15) is 0 Å². The second kappa shape index (κ2) is 7.39. The quantitative estimate of drug-likeness (QED) is 0.730. The van der Waals surface area contributed by atoms with Gasteiger partial charge in [-0.3, -0.25) is 0 Å². The molecule has 0 fully saturated rings. The van der Waals surface area contributed by atoms with Crippen LogP contribution < -0.4 is 5.32 Å². The van der Waals surface area contributed by atoms with E-state index in [1.165, 1.54) is 6.42 Å². The van der Waals surface area contributed by atoms with Gasteiger partial charge < -0.3 is 15.3 Å². The minimum Gasteiger partial charge on any atom is -0.508 e. The van der Waals surface area contributed by atoms with Crippen LogP contribution in [0.25, 0.3) is 0 Å². The minimum absolute atomic E-state index is 0.199. The van der Waals surface area contributed by atoms with Gasteiger partial charge in [0.05, 0.1) is 0 Å². The van der Waals surface area contributed by atoms with E-state index >= 15 is 0 Å². The third-order valence-electron chi connectivity index (χ3n) is 3.14. The van der Waals surface area contributed by atoms with Crippen LogP contribution in [0.1, 0.15) is 36.9 Å². The summed E-state index contributed by atoms with van der Waals surface area (Å²) >= 11 is 0. The number of phenolic OH excluding ortho intramolecular Hbond substituents is 1. The van der Waals surface area contributed by atoms with E-state index in [-0.39, 0.29) is 6.04 Å². The summed E-state index contributed by atoms with van der Waals surface area (Å²) in [6.45, 7) is 6.20. The number of benzene rings is 1. The molecule has 18 heavy (non-hydrogen) atoms. The summed E-state index contributed by atoms with van der Waals surface area (Å²) < 4.78 is 0. The molecule has 0 aromatic heterocycles. The fourth-order valence-corrected chi connectivity index (χ4v) is 2.00. The van der Waals surface area contributed by atoms with Crippen LogP contribution >= 0.6 is 0 Å². The number of nitrogens with zero attached hydrogens (tertiary/aromatic N) is 1. The topological polar surface area (TPSA) is 35.5 Å². The lowest BCUT2D eigenvalue weighted by atomic mass is 10.0. The van der Waals surface area contributed by atoms with Gasteiger partial charge in [0.2, 0.25) is 0 Å². The molecule has 2 N–H and O–H groups in total. The number of hydrogen-bond acceptors (Lipinski definition) is 3. The molecule has 102 valence electrons. The lowest BCUT2D eigenvalue weighted by molar-refractivity contribution is 0.388. The van der Waals surface area contributed by atoms with Gasteiger partial charge in [0.15, 0.2) is 0 Å². The standard InChI is InChI=1S/C15H26N2O/c1-12-7-8-14(15(18)11-12)13(2)16-9-5-6-10-17(3)4/h7-8,11,13,16,18H,5-6,9-10H2,1-4H3. The Hall–Kier alpha value is -1.06. The third-order valence-corrected chi connectivity index (χ3v) is 3.14. The molecule has 1 atom stereocenters. The molecule has 0 saturated heterocycles. The first-order chi connectivity index (χ1) is 8.50. The average molecular weight is 250 g/mol. The maximum atomic E-state index is 9.89. The van der Waals surface area contributed by atoms with Crippen molar-refractivity contribution in [2.45, 2.75) is 32.7 Å². The average Bonchev–Trinajstić information content (AvgIpc) is 2.27. The summed E-state index contributed by atoms with van der Waals surface area (Å²) in [4.78, 5) is 2.20. The maximum absolute atomic E-state index is 9.89. The van der Waals surface area contributed by atoms with Crippen LogP contribution in [-0.4, -0.2) is 37.2 Å². The Labute approximate surface area is 111 Å². The summed E-state index contributed by atoms with van der Waals surface area (Å²) in [5.41, 5.74) is 2.07. The van der Waals surface area contributed by atoms with Crippen molar-refractivity contribution < 1.29 is 5.11 Å². The predicted octanol–water partition coefficient (Wildman–Crippen LogP) is 2.69. The minimum atomic E-state index is 0.199. The van der Waals surface area contributed by atoms with Crippen molar-refractivity contribution in [3.63, 3.8) is 0 Å². The van der Waals surface area contributed by atoms with Crippen LogP contribution in [0.4, 0.5) is 0 Å². The molecule has 0 spiro atoms. The number of aromatic hydroxyl groups is 1. The van der Waals surface area contributed by atoms with Crippen molar-refractivity contribution in [1.29, 1.82) is 0 Å². The zero-order chi connectivity index (χ0) is 13.5. The second-order valence-electron chi connectivity index (χ2n) is 5.25. The predicted molar refractivity (Wildman–Crippen MR) is 77.0 cm³/mol. The molecule has 1 aromatic carbocycles. The Balaban J connectivity index is 2.34. The van der Waals surface area contributed by atoms with Gasteiger partial charge in [0.25, 0.3) is 0 Å². The molecule has 0 heterocycles. The third kappa shape index (κ3) is 5.07. The summed E-state index contributed by atoms with van der Waals surface area (Å²) in [6.07, 6.45) is 2.36. The van der Waals surface area contributed by atoms with Crippen molar-refractivity contribution in [2.75, 3.05) is 27.2 Å². The second-order valence-corrected chi connectivity index (χ2v) is 5.25. The van der Waals surface area contributed by atoms with Gasteiger partial charge >= 0.3 is 0 Å². The van der Waals surface area contributed by atoms with E-state index in [1.54, 1.807) is 0 Å². The van der Waals surface area contributed by atoms with Crippen molar-refractivity contribution in [2.24, 2.45) is 0 Å². The molecule has 1 aromatic rings. The Morgan fingerprint density at radius 1 is 1.28 bits per heavy atom. The molecule has 0 bridgehead atoms. The zero-order valence-electron chi connectivity index (χ0n) is 12.0. The lowest BCUT2D eigenvalue weighted by Gasteiger charge is -2.16. The molecule has 0 radical (unpaired) electrons. The summed E-state index contributed by atoms with van der Waals surface area (Å²) in [5, 5.41) is 13.3. The van der Waals surface area contributed by atoms with Gasteiger partial charge in [-0.15, -0.1) is 0 Å². The van der Waals surface area contributed by atoms with Crippen LogP contribution in [0.5, 0.6) is 5.75 Å². The van der Waals surface area contributed by atoms with Gasteiger partial charge in [-0.25, -0.2) is 0 Å². The molecule has 1 rings (SSSR count). The van der Waals surface area contributed by atoms with Crippen LogP contribution in [0.15, 0.2) is 18.2 Å². The van der Waals surface area contributed by atoms with Crippen molar-refractivity contribution in [1.82, 2.24) is 10.2 Å². The van der Waals surface area contributed by atoms with E-state index in [0.29, 0.717) is 5.75 Å². The highest BCUT2D eigenvalue weighted by atomic mass is 16.3. The summed E-state index contributed by atoms with van der Waals surface area (Å²) in [7, 11) is 4.20. The van der Waals surface area contributed by atoms with Gasteiger partial charge in [-0.05, 0) is 65.5 Å². The fraction of sp³-hybridized carbons (Fsp3) is 0.600. The SMILES string of the molecule is Cc1ccc(C(C)NCCCCN(C)C)c(O)c1. The molecule has 3 heteroatoms. The lowest BCUT2D eigenvalue weighted by Crippen LogP contribution is -2.21. The van der Waals surface area contributed by atoms with Gasteiger partial charge in [0.1, 0.15) is 5.75 Å². The highest BCUT2D eigenvalue weighted by molar-refractivity contribution is 5.37. The highest BCUT2D eigenvalue weighted by Crippen LogP contribution is 2.24. The molecular weight excluding hydrogens is 224 g/mol. The summed E-state index contributed by atoms with van der Waals surface area (Å²) in [6, 6.07) is 6.06. The molecule has 0 saturated carbocycles. The number of unbranched alkanes of at least 4 members (excludes halogenated alkanes) is 1. The van der Waals surface area contributed by atoms with Crippen molar-refractivity contribution in [3.8, 4) is 5.75 Å². The molecular formula is C15H26N2O. The first-order valence-corrected chi connectivity index (χ1v) is 6.68. The number of aryl methyl sites for hydroxylation is 1. The Bertz CT molecular complexity index is 364. The van der Waals surface area contributed by atoms with Crippen LogP contribution in [0.2, 0.25) is 0 Å². The monoisotopic (exact) mass is 250 g/mol. The van der Waals surface area contributed by atoms with Crippen LogP contribution in [0, 0.1) is 6.92 Å². The summed E-state index contributed by atoms with van der Waals surface area (Å²) in [5.74, 6) is 0.392. The van der Waals surface area contributed by atoms with Crippen LogP contribution in [0.3, 0.4) is 0 Å². The van der Waals surface area contributed by atoms with E-state index in [0.717, 1.165) is 30.6 Å². The number of nitrogens with one attached hydrogen (secondary N) is 1. The Morgan fingerprint density at radius 2 is 2.00 bits per heavy atom. The Morgan fingerprint density at radius 3 is 2.61 bits per heavy atom. The number of rotatable bonds is 7. The largest absolute Gasteiger partial charge is 0.508 e. The van der Waals surface area contributed by atoms with Crippen molar-refractivity contribution in [3.05, 3.63) is 29.3 Å². The van der Waals surface area contributed by atoms with E-state index in [1.807, 2.05) is 25.1 Å². The highest BCUT2D eigenvalue weighted by Gasteiger charge is 2.09. The van der Waals surface area contributed by atoms with Gasteiger partial charge in [0, 0.05) is 11.6 Å². The molecule has 1 unspecified atom stereocenters. The Kier molecular flexibility index (Phi) is 6.16. The van der Waals surface area contributed by atoms with Gasteiger partial charge in [-0.1, -0.05) is 12.1 Å². The van der Waals surface area contributed by atoms with E-state index in [2.05, 4.69) is 31.2 Å². The van der Waals surface area contributed by atoms with Crippen LogP contribution in [-0.2, 0) is 0 Å². The molecule has 3 nitrogen and oxygen atoms in total. The maximum Gasteiger partial charge on any atom is 0.120 e. The van der Waals surface area contributed by atoms with E-state index in [4.69, 9.17) is 0 Å². The normalized spacial score (nSPS) is 12.9. The van der Waals surface area contributed by atoms with E-state index < -0.39 is 0 Å². The zero-order valence-corrected chi connectivity index (χ0v) is 12.0. The first kappa shape index (κ1) is 15.0. The molecule has 0 amide bonds. The molecule has 0 aliphatic heterocycles. The smallest absolute Gasteiger partial charge is 0.120 e. The number of hydrogen-bond donors (Lipinski definition) is 2. The van der Waals surface area contributed by atoms with Crippen molar-refractivity contribution >= 4 is 0 Å². The van der Waals surface area contributed by atoms with E-state index in [9.17, 15) is 5.11 Å². The molecule has 0 aliphatic rings.